The van der Waals surface area contributed by atoms with E-state index in [4.69, 9.17) is 0 Å². The van der Waals surface area contributed by atoms with E-state index in [0.29, 0.717) is 0 Å². The molecule has 3 heteroatoms. The molecule has 0 unspecified atom stereocenters. The van der Waals surface area contributed by atoms with E-state index < -0.39 is 0 Å². The second kappa shape index (κ2) is 7.12. The highest BCUT2D eigenvalue weighted by Gasteiger charge is 2.06. The van der Waals surface area contributed by atoms with Gasteiger partial charge in [0.1, 0.15) is 0 Å². The van der Waals surface area contributed by atoms with Crippen LogP contribution in [0, 0.1) is 6.92 Å². The first-order chi connectivity index (χ1) is 7.70. The number of alkyl halides is 1. The van der Waals surface area contributed by atoms with Crippen molar-refractivity contribution in [3.63, 3.8) is 0 Å². The van der Waals surface area contributed by atoms with Crippen LogP contribution in [0.1, 0.15) is 18.1 Å². The Morgan fingerprint density at radius 3 is 2.75 bits per heavy atom. The molecule has 0 bridgehead atoms. The monoisotopic (exact) mass is 332 g/mol. The topological polar surface area (TPSA) is 15.3 Å². The van der Waals surface area contributed by atoms with Crippen LogP contribution in [0.5, 0.6) is 0 Å². The molecule has 0 amide bonds. The summed E-state index contributed by atoms with van der Waals surface area (Å²) in [6, 6.07) is 6.56. The molecule has 0 saturated carbocycles. The lowest BCUT2D eigenvalue weighted by molar-refractivity contribution is 0.723. The Labute approximate surface area is 113 Å². The molecule has 0 aliphatic rings. The number of anilines is 1. The number of benzene rings is 1. The summed E-state index contributed by atoms with van der Waals surface area (Å²) in [4.78, 5) is 2.33. The van der Waals surface area contributed by atoms with Gasteiger partial charge in [-0.05, 0) is 30.7 Å². The third-order valence-corrected chi connectivity index (χ3v) is 3.30. The predicted molar refractivity (Wildman–Crippen MR) is 80.7 cm³/mol. The van der Waals surface area contributed by atoms with Crippen LogP contribution >= 0.6 is 22.6 Å². The Morgan fingerprint density at radius 2 is 2.12 bits per heavy atom. The van der Waals surface area contributed by atoms with Crippen molar-refractivity contribution in [1.29, 1.82) is 0 Å². The fourth-order valence-corrected chi connectivity index (χ4v) is 2.51. The molecule has 0 aromatic heterocycles. The van der Waals surface area contributed by atoms with Gasteiger partial charge in [-0.3, -0.25) is 0 Å². The molecule has 1 N–H and O–H groups in total. The Morgan fingerprint density at radius 1 is 1.38 bits per heavy atom. The molecule has 0 saturated heterocycles. The van der Waals surface area contributed by atoms with Crippen molar-refractivity contribution in [2.24, 2.45) is 0 Å². The van der Waals surface area contributed by atoms with Crippen molar-refractivity contribution in [1.82, 2.24) is 5.32 Å². The SMILES string of the molecule is CCNCc1cccc(N(C)CCI)c1C. The zero-order valence-electron chi connectivity index (χ0n) is 10.4. The minimum absolute atomic E-state index is 0.967. The van der Waals surface area contributed by atoms with Gasteiger partial charge in [0.25, 0.3) is 0 Å². The minimum Gasteiger partial charge on any atom is -0.374 e. The normalized spacial score (nSPS) is 10.5. The van der Waals surface area contributed by atoms with Gasteiger partial charge in [0.15, 0.2) is 0 Å². The fraction of sp³-hybridized carbons (Fsp3) is 0.538. The first-order valence-electron chi connectivity index (χ1n) is 5.77. The van der Waals surface area contributed by atoms with Crippen molar-refractivity contribution in [2.45, 2.75) is 20.4 Å². The van der Waals surface area contributed by atoms with Crippen LogP contribution in [-0.4, -0.2) is 24.6 Å². The summed E-state index contributed by atoms with van der Waals surface area (Å²) >= 11 is 2.42. The number of nitrogens with one attached hydrogen (secondary N) is 1. The maximum absolute atomic E-state index is 3.38. The van der Waals surface area contributed by atoms with Crippen LogP contribution in [0.3, 0.4) is 0 Å². The van der Waals surface area contributed by atoms with Crippen molar-refractivity contribution in [3.8, 4) is 0 Å². The number of halogens is 1. The lowest BCUT2D eigenvalue weighted by Crippen LogP contribution is -2.21. The quantitative estimate of drug-likeness (QED) is 0.636. The highest BCUT2D eigenvalue weighted by atomic mass is 127. The number of rotatable bonds is 6. The maximum atomic E-state index is 3.38. The van der Waals surface area contributed by atoms with Gasteiger partial charge in [0.05, 0.1) is 0 Å². The zero-order chi connectivity index (χ0) is 12.0. The zero-order valence-corrected chi connectivity index (χ0v) is 12.5. The molecule has 0 aliphatic heterocycles. The third kappa shape index (κ3) is 3.63. The first-order valence-corrected chi connectivity index (χ1v) is 7.29. The van der Waals surface area contributed by atoms with Gasteiger partial charge < -0.3 is 10.2 Å². The summed E-state index contributed by atoms with van der Waals surface area (Å²) in [6.07, 6.45) is 0. The van der Waals surface area contributed by atoms with Crippen LogP contribution in [0.4, 0.5) is 5.69 Å². The molecule has 2 nitrogen and oxygen atoms in total. The van der Waals surface area contributed by atoms with Crippen molar-refractivity contribution in [3.05, 3.63) is 29.3 Å². The van der Waals surface area contributed by atoms with Gasteiger partial charge in [-0.2, -0.15) is 0 Å². The van der Waals surface area contributed by atoms with Crippen LogP contribution in [-0.2, 0) is 6.54 Å². The predicted octanol–water partition coefficient (Wildman–Crippen LogP) is 2.98. The van der Waals surface area contributed by atoms with Crippen LogP contribution in [0.2, 0.25) is 0 Å². The largest absolute Gasteiger partial charge is 0.374 e. The van der Waals surface area contributed by atoms with E-state index in [9.17, 15) is 0 Å². The van der Waals surface area contributed by atoms with Crippen LogP contribution in [0.25, 0.3) is 0 Å². The number of nitrogens with zero attached hydrogens (tertiary/aromatic N) is 1. The van der Waals surface area contributed by atoms with Gasteiger partial charge in [-0.1, -0.05) is 41.6 Å². The Hall–Kier alpha value is -0.290. The molecule has 90 valence electrons. The molecular weight excluding hydrogens is 311 g/mol. The van der Waals surface area contributed by atoms with Gasteiger partial charge in [0, 0.05) is 30.3 Å². The Kier molecular flexibility index (Phi) is 6.13. The summed E-state index contributed by atoms with van der Waals surface area (Å²) in [5.41, 5.74) is 4.16. The molecule has 0 heterocycles. The van der Waals surface area contributed by atoms with E-state index >= 15 is 0 Å². The van der Waals surface area contributed by atoms with Crippen LogP contribution in [0.15, 0.2) is 18.2 Å². The molecule has 1 aromatic carbocycles. The molecule has 0 atom stereocenters. The Bertz CT molecular complexity index is 326. The second-order valence-corrected chi connectivity index (χ2v) is 5.03. The van der Waals surface area contributed by atoms with E-state index in [-0.39, 0.29) is 0 Å². The molecule has 0 fully saturated rings. The summed E-state index contributed by atoms with van der Waals surface area (Å²) in [7, 11) is 2.16. The number of hydrogen-bond donors (Lipinski definition) is 1. The van der Waals surface area contributed by atoms with Gasteiger partial charge in [0.2, 0.25) is 0 Å². The molecule has 1 rings (SSSR count). The molecule has 0 spiro atoms. The van der Waals surface area contributed by atoms with Gasteiger partial charge >= 0.3 is 0 Å². The molecular formula is C13H21IN2. The average Bonchev–Trinajstić information content (AvgIpc) is 2.28. The smallest absolute Gasteiger partial charge is 0.0396 e. The highest BCUT2D eigenvalue weighted by molar-refractivity contribution is 14.1. The van der Waals surface area contributed by atoms with Crippen molar-refractivity contribution in [2.75, 3.05) is 29.5 Å². The van der Waals surface area contributed by atoms with E-state index in [1.807, 2.05) is 0 Å². The van der Waals surface area contributed by atoms with Crippen molar-refractivity contribution < 1.29 is 0 Å². The van der Waals surface area contributed by atoms with Gasteiger partial charge in [-0.25, -0.2) is 0 Å². The minimum atomic E-state index is 0.967. The van der Waals surface area contributed by atoms with Gasteiger partial charge in [-0.15, -0.1) is 0 Å². The van der Waals surface area contributed by atoms with E-state index in [2.05, 4.69) is 71.9 Å². The first kappa shape index (κ1) is 13.8. The molecule has 16 heavy (non-hydrogen) atoms. The second-order valence-electron chi connectivity index (χ2n) is 3.95. The lowest BCUT2D eigenvalue weighted by atomic mass is 10.1. The molecule has 0 radical (unpaired) electrons. The van der Waals surface area contributed by atoms with Crippen molar-refractivity contribution >= 4 is 28.3 Å². The lowest BCUT2D eigenvalue weighted by Gasteiger charge is -2.22. The molecule has 0 aliphatic carbocycles. The summed E-state index contributed by atoms with van der Waals surface area (Å²) in [5.74, 6) is 0. The highest BCUT2D eigenvalue weighted by Crippen LogP contribution is 2.22. The number of hydrogen-bond acceptors (Lipinski definition) is 2. The fourth-order valence-electron chi connectivity index (χ4n) is 1.78. The van der Waals surface area contributed by atoms with E-state index in [1.165, 1.54) is 16.8 Å². The van der Waals surface area contributed by atoms with Crippen LogP contribution < -0.4 is 10.2 Å². The maximum Gasteiger partial charge on any atom is 0.0396 e. The Balaban J connectivity index is 2.85. The average molecular weight is 332 g/mol. The summed E-state index contributed by atoms with van der Waals surface area (Å²) in [5, 5.41) is 3.38. The van der Waals surface area contributed by atoms with E-state index in [0.717, 1.165) is 24.1 Å². The van der Waals surface area contributed by atoms with E-state index in [1.54, 1.807) is 0 Å². The third-order valence-electron chi connectivity index (χ3n) is 2.81. The summed E-state index contributed by atoms with van der Waals surface area (Å²) in [6.45, 7) is 7.45. The standard InChI is InChI=1S/C13H21IN2/c1-4-15-10-12-6-5-7-13(11(12)2)16(3)9-8-14/h5-7,15H,4,8-10H2,1-3H3. The molecule has 1 aromatic rings. The summed E-state index contributed by atoms with van der Waals surface area (Å²) < 4.78 is 1.16.